The Morgan fingerprint density at radius 2 is 2.00 bits per heavy atom. The van der Waals surface area contributed by atoms with E-state index in [0.717, 1.165) is 18.4 Å². The van der Waals surface area contributed by atoms with E-state index in [1.165, 1.54) is 22.9 Å². The van der Waals surface area contributed by atoms with Gasteiger partial charge in [-0.25, -0.2) is 0 Å². The highest BCUT2D eigenvalue weighted by atomic mass is 79.9. The first-order valence-electron chi connectivity index (χ1n) is 6.49. The van der Waals surface area contributed by atoms with E-state index in [2.05, 4.69) is 66.4 Å². The SMILES string of the molecule is CNCC1(c2ccccc2Br)CC(C(C)C)C1. The summed E-state index contributed by atoms with van der Waals surface area (Å²) in [5.41, 5.74) is 1.83. The van der Waals surface area contributed by atoms with Gasteiger partial charge in [0.05, 0.1) is 0 Å². The molecule has 1 aliphatic rings. The summed E-state index contributed by atoms with van der Waals surface area (Å²) in [4.78, 5) is 0. The fourth-order valence-electron chi connectivity index (χ4n) is 3.10. The van der Waals surface area contributed by atoms with Crippen LogP contribution in [-0.2, 0) is 5.41 Å². The van der Waals surface area contributed by atoms with E-state index >= 15 is 0 Å². The fourth-order valence-corrected chi connectivity index (χ4v) is 3.81. The molecule has 1 aliphatic carbocycles. The minimum atomic E-state index is 0.351. The highest BCUT2D eigenvalue weighted by molar-refractivity contribution is 9.10. The predicted molar refractivity (Wildman–Crippen MR) is 77.3 cm³/mol. The largest absolute Gasteiger partial charge is 0.319 e. The summed E-state index contributed by atoms with van der Waals surface area (Å²) in [6, 6.07) is 8.69. The topological polar surface area (TPSA) is 12.0 Å². The summed E-state index contributed by atoms with van der Waals surface area (Å²) in [6.07, 6.45) is 2.63. The molecule has 1 saturated carbocycles. The molecule has 0 heterocycles. The zero-order valence-corrected chi connectivity index (χ0v) is 12.5. The number of halogens is 1. The summed E-state index contributed by atoms with van der Waals surface area (Å²) in [5, 5.41) is 3.37. The van der Waals surface area contributed by atoms with Crippen molar-refractivity contribution in [2.75, 3.05) is 13.6 Å². The van der Waals surface area contributed by atoms with Crippen LogP contribution >= 0.6 is 15.9 Å². The molecule has 0 atom stereocenters. The Hall–Kier alpha value is -0.340. The molecule has 0 radical (unpaired) electrons. The number of nitrogens with one attached hydrogen (secondary N) is 1. The zero-order chi connectivity index (χ0) is 12.5. The van der Waals surface area contributed by atoms with E-state index in [-0.39, 0.29) is 0 Å². The van der Waals surface area contributed by atoms with Crippen molar-refractivity contribution < 1.29 is 0 Å². The van der Waals surface area contributed by atoms with Gasteiger partial charge in [-0.05, 0) is 43.4 Å². The van der Waals surface area contributed by atoms with Gasteiger partial charge < -0.3 is 5.32 Å². The molecule has 0 aliphatic heterocycles. The van der Waals surface area contributed by atoms with Crippen LogP contribution in [0.5, 0.6) is 0 Å². The number of benzene rings is 1. The van der Waals surface area contributed by atoms with Gasteiger partial charge in [-0.1, -0.05) is 48.0 Å². The van der Waals surface area contributed by atoms with Gasteiger partial charge in [-0.2, -0.15) is 0 Å². The number of hydrogen-bond donors (Lipinski definition) is 1. The maximum absolute atomic E-state index is 3.71. The van der Waals surface area contributed by atoms with Gasteiger partial charge in [0.2, 0.25) is 0 Å². The monoisotopic (exact) mass is 295 g/mol. The Balaban J connectivity index is 2.23. The Labute approximate surface area is 113 Å². The van der Waals surface area contributed by atoms with Crippen LogP contribution in [0, 0.1) is 11.8 Å². The van der Waals surface area contributed by atoms with Crippen LogP contribution < -0.4 is 5.32 Å². The summed E-state index contributed by atoms with van der Waals surface area (Å²) < 4.78 is 1.26. The first kappa shape index (κ1) is 13.1. The lowest BCUT2D eigenvalue weighted by Crippen LogP contribution is -2.49. The standard InChI is InChI=1S/C15H22BrN/c1-11(2)12-8-15(9-12,10-17-3)13-6-4-5-7-14(13)16/h4-7,11-12,17H,8-10H2,1-3H3. The lowest BCUT2D eigenvalue weighted by atomic mass is 9.56. The first-order valence-corrected chi connectivity index (χ1v) is 7.28. The van der Waals surface area contributed by atoms with E-state index in [9.17, 15) is 0 Å². The Morgan fingerprint density at radius 3 is 2.53 bits per heavy atom. The van der Waals surface area contributed by atoms with Crippen molar-refractivity contribution in [3.05, 3.63) is 34.3 Å². The molecule has 1 fully saturated rings. The quantitative estimate of drug-likeness (QED) is 0.886. The van der Waals surface area contributed by atoms with E-state index in [0.29, 0.717) is 5.41 Å². The zero-order valence-electron chi connectivity index (χ0n) is 11.0. The molecule has 1 aromatic rings. The van der Waals surface area contributed by atoms with Crippen LogP contribution in [0.2, 0.25) is 0 Å². The Kier molecular flexibility index (Phi) is 3.94. The molecule has 0 bridgehead atoms. The molecular formula is C15H22BrN. The minimum Gasteiger partial charge on any atom is -0.319 e. The summed E-state index contributed by atoms with van der Waals surface area (Å²) >= 11 is 3.71. The first-order chi connectivity index (χ1) is 8.09. The van der Waals surface area contributed by atoms with Gasteiger partial charge in [0.1, 0.15) is 0 Å². The predicted octanol–water partition coefficient (Wildman–Crippen LogP) is 3.97. The van der Waals surface area contributed by atoms with E-state index in [4.69, 9.17) is 0 Å². The highest BCUT2D eigenvalue weighted by Crippen LogP contribution is 2.51. The second-order valence-corrected chi connectivity index (χ2v) is 6.56. The van der Waals surface area contributed by atoms with Gasteiger partial charge >= 0.3 is 0 Å². The van der Waals surface area contributed by atoms with Crippen molar-refractivity contribution in [3.63, 3.8) is 0 Å². The molecule has 94 valence electrons. The van der Waals surface area contributed by atoms with Crippen molar-refractivity contribution in [1.82, 2.24) is 5.32 Å². The van der Waals surface area contributed by atoms with Crippen molar-refractivity contribution in [1.29, 1.82) is 0 Å². The van der Waals surface area contributed by atoms with Crippen molar-refractivity contribution >= 4 is 15.9 Å². The second-order valence-electron chi connectivity index (χ2n) is 5.70. The molecule has 0 saturated heterocycles. The third-order valence-electron chi connectivity index (χ3n) is 4.21. The van der Waals surface area contributed by atoms with Crippen molar-refractivity contribution in [2.45, 2.75) is 32.1 Å². The molecule has 0 unspecified atom stereocenters. The molecule has 1 N–H and O–H groups in total. The molecule has 0 amide bonds. The van der Waals surface area contributed by atoms with Gasteiger partial charge in [0.15, 0.2) is 0 Å². The average molecular weight is 296 g/mol. The summed E-state index contributed by atoms with van der Waals surface area (Å²) in [5.74, 6) is 1.69. The van der Waals surface area contributed by atoms with Crippen molar-refractivity contribution in [2.24, 2.45) is 11.8 Å². The van der Waals surface area contributed by atoms with E-state index < -0.39 is 0 Å². The second kappa shape index (κ2) is 5.11. The maximum atomic E-state index is 3.71. The van der Waals surface area contributed by atoms with Gasteiger partial charge in [0.25, 0.3) is 0 Å². The van der Waals surface area contributed by atoms with Crippen LogP contribution in [0.1, 0.15) is 32.3 Å². The van der Waals surface area contributed by atoms with Crippen molar-refractivity contribution in [3.8, 4) is 0 Å². The smallest absolute Gasteiger partial charge is 0.0213 e. The summed E-state index contributed by atoms with van der Waals surface area (Å²) in [7, 11) is 2.06. The Morgan fingerprint density at radius 1 is 1.35 bits per heavy atom. The number of rotatable bonds is 4. The molecule has 2 heteroatoms. The minimum absolute atomic E-state index is 0.351. The van der Waals surface area contributed by atoms with Gasteiger partial charge in [-0.15, -0.1) is 0 Å². The Bertz CT molecular complexity index is 380. The lowest BCUT2D eigenvalue weighted by Gasteiger charge is -2.50. The molecule has 0 spiro atoms. The van der Waals surface area contributed by atoms with Crippen LogP contribution in [0.15, 0.2) is 28.7 Å². The van der Waals surface area contributed by atoms with Crippen LogP contribution in [-0.4, -0.2) is 13.6 Å². The third kappa shape index (κ3) is 2.43. The molecule has 17 heavy (non-hydrogen) atoms. The highest BCUT2D eigenvalue weighted by Gasteiger charge is 2.46. The number of hydrogen-bond acceptors (Lipinski definition) is 1. The maximum Gasteiger partial charge on any atom is 0.0213 e. The molecule has 1 nitrogen and oxygen atoms in total. The molecular weight excluding hydrogens is 274 g/mol. The summed E-state index contributed by atoms with van der Waals surface area (Å²) in [6.45, 7) is 5.76. The van der Waals surface area contributed by atoms with E-state index in [1.54, 1.807) is 0 Å². The van der Waals surface area contributed by atoms with Crippen LogP contribution in [0.4, 0.5) is 0 Å². The number of likely N-dealkylation sites (N-methyl/N-ethyl adjacent to an activating group) is 1. The van der Waals surface area contributed by atoms with Gasteiger partial charge in [-0.3, -0.25) is 0 Å². The third-order valence-corrected chi connectivity index (χ3v) is 4.90. The fraction of sp³-hybridized carbons (Fsp3) is 0.600. The van der Waals surface area contributed by atoms with Gasteiger partial charge in [0, 0.05) is 16.4 Å². The molecule has 2 rings (SSSR count). The molecule has 0 aromatic heterocycles. The lowest BCUT2D eigenvalue weighted by molar-refractivity contribution is 0.0990. The molecule has 1 aromatic carbocycles. The van der Waals surface area contributed by atoms with Crippen LogP contribution in [0.25, 0.3) is 0 Å². The normalized spacial score (nSPS) is 28.2. The van der Waals surface area contributed by atoms with E-state index in [1.807, 2.05) is 0 Å². The average Bonchev–Trinajstić information content (AvgIpc) is 2.23. The van der Waals surface area contributed by atoms with Crippen LogP contribution in [0.3, 0.4) is 0 Å².